The number of fused-ring (bicyclic) bond motifs is 2. The minimum atomic E-state index is -0.990. The number of anilines is 1. The van der Waals surface area contributed by atoms with Crippen LogP contribution in [-0.4, -0.2) is 29.1 Å². The lowest BCUT2D eigenvalue weighted by atomic mass is 9.82. The van der Waals surface area contributed by atoms with Gasteiger partial charge in [-0.1, -0.05) is 61.9 Å². The van der Waals surface area contributed by atoms with Crippen LogP contribution in [0.15, 0.2) is 54.6 Å². The fourth-order valence-corrected chi connectivity index (χ4v) is 4.86. The van der Waals surface area contributed by atoms with Crippen molar-refractivity contribution in [3.8, 4) is 0 Å². The van der Waals surface area contributed by atoms with Crippen LogP contribution in [0.2, 0.25) is 0 Å². The van der Waals surface area contributed by atoms with Crippen molar-refractivity contribution in [1.82, 2.24) is 5.32 Å². The van der Waals surface area contributed by atoms with Gasteiger partial charge in [-0.3, -0.25) is 14.5 Å². The van der Waals surface area contributed by atoms with Crippen LogP contribution in [0.4, 0.5) is 10.5 Å². The molecule has 7 nitrogen and oxygen atoms in total. The highest BCUT2D eigenvalue weighted by molar-refractivity contribution is 5.91. The van der Waals surface area contributed by atoms with E-state index in [4.69, 9.17) is 9.84 Å². The van der Waals surface area contributed by atoms with E-state index in [1.54, 1.807) is 4.90 Å². The topological polar surface area (TPSA) is 95.9 Å². The number of para-hydroxylation sites is 1. The number of carboxylic acids is 1. The number of carbonyl (C=O) groups excluding carboxylic acids is 2. The predicted molar refractivity (Wildman–Crippen MR) is 119 cm³/mol. The summed E-state index contributed by atoms with van der Waals surface area (Å²) in [5.74, 6) is -1.98. The van der Waals surface area contributed by atoms with Crippen LogP contribution in [0.25, 0.3) is 0 Å². The number of nitrogens with zero attached hydrogens (tertiary/aromatic N) is 1. The van der Waals surface area contributed by atoms with Crippen LogP contribution in [-0.2, 0) is 20.9 Å². The number of nitrogens with one attached hydrogen (secondary N) is 1. The second kappa shape index (κ2) is 9.42. The van der Waals surface area contributed by atoms with Crippen molar-refractivity contribution in [1.29, 1.82) is 0 Å². The number of amides is 2. The first kappa shape index (κ1) is 21.9. The van der Waals surface area contributed by atoms with Gasteiger partial charge in [0, 0.05) is 18.4 Å². The molecular formula is C25H28N2O5. The SMILES string of the molecule is C[C@H](CC(=O)NC1c2ccccc2N(C(=O)OCc2ccccc2)C2CCCC12)C(=O)O. The Morgan fingerprint density at radius 3 is 2.56 bits per heavy atom. The Morgan fingerprint density at radius 2 is 1.81 bits per heavy atom. The van der Waals surface area contributed by atoms with Gasteiger partial charge >= 0.3 is 12.1 Å². The highest BCUT2D eigenvalue weighted by Crippen LogP contribution is 2.48. The molecule has 0 radical (unpaired) electrons. The Morgan fingerprint density at radius 1 is 1.09 bits per heavy atom. The highest BCUT2D eigenvalue weighted by atomic mass is 16.6. The van der Waals surface area contributed by atoms with E-state index in [1.165, 1.54) is 6.92 Å². The maximum atomic E-state index is 13.2. The molecule has 4 atom stereocenters. The predicted octanol–water partition coefficient (Wildman–Crippen LogP) is 4.28. The van der Waals surface area contributed by atoms with E-state index >= 15 is 0 Å². The van der Waals surface area contributed by atoms with Crippen LogP contribution < -0.4 is 10.2 Å². The summed E-state index contributed by atoms with van der Waals surface area (Å²) in [7, 11) is 0. The molecule has 32 heavy (non-hydrogen) atoms. The largest absolute Gasteiger partial charge is 0.481 e. The Balaban J connectivity index is 1.57. The molecule has 1 fully saturated rings. The Hall–Kier alpha value is -3.35. The van der Waals surface area contributed by atoms with Crippen molar-refractivity contribution in [3.63, 3.8) is 0 Å². The van der Waals surface area contributed by atoms with E-state index in [0.29, 0.717) is 0 Å². The molecule has 168 valence electrons. The number of hydrogen-bond donors (Lipinski definition) is 2. The number of ether oxygens (including phenoxy) is 1. The van der Waals surface area contributed by atoms with Crippen molar-refractivity contribution in [3.05, 3.63) is 65.7 Å². The molecular weight excluding hydrogens is 408 g/mol. The zero-order chi connectivity index (χ0) is 22.7. The van der Waals surface area contributed by atoms with E-state index < -0.39 is 11.9 Å². The zero-order valence-corrected chi connectivity index (χ0v) is 18.1. The van der Waals surface area contributed by atoms with E-state index in [-0.39, 0.29) is 43.0 Å². The normalized spacial score (nSPS) is 22.4. The first-order chi connectivity index (χ1) is 15.5. The fraction of sp³-hybridized carbons (Fsp3) is 0.400. The van der Waals surface area contributed by atoms with Crippen LogP contribution >= 0.6 is 0 Å². The van der Waals surface area contributed by atoms with Gasteiger partial charge in [-0.2, -0.15) is 0 Å². The van der Waals surface area contributed by atoms with Crippen LogP contribution in [0, 0.1) is 11.8 Å². The number of carboxylic acid groups (broad SMARTS) is 1. The summed E-state index contributed by atoms with van der Waals surface area (Å²) in [5, 5.41) is 12.2. The third kappa shape index (κ3) is 4.47. The van der Waals surface area contributed by atoms with Gasteiger partial charge in [0.25, 0.3) is 0 Å². The van der Waals surface area contributed by atoms with Gasteiger partial charge in [0.2, 0.25) is 5.91 Å². The summed E-state index contributed by atoms with van der Waals surface area (Å²) < 4.78 is 5.66. The Labute approximate surface area is 187 Å². The van der Waals surface area contributed by atoms with Gasteiger partial charge in [-0.15, -0.1) is 0 Å². The average molecular weight is 437 g/mol. The third-order valence-electron chi connectivity index (χ3n) is 6.45. The summed E-state index contributed by atoms with van der Waals surface area (Å²) in [6, 6.07) is 16.8. The van der Waals surface area contributed by atoms with E-state index in [0.717, 1.165) is 36.1 Å². The van der Waals surface area contributed by atoms with Gasteiger partial charge < -0.3 is 15.2 Å². The smallest absolute Gasteiger partial charge is 0.414 e. The van der Waals surface area contributed by atoms with Gasteiger partial charge in [0.15, 0.2) is 0 Å². The summed E-state index contributed by atoms with van der Waals surface area (Å²) in [6.45, 7) is 1.72. The van der Waals surface area contributed by atoms with Gasteiger partial charge in [0.1, 0.15) is 6.61 Å². The van der Waals surface area contributed by atoms with Crippen molar-refractivity contribution in [2.75, 3.05) is 4.90 Å². The van der Waals surface area contributed by atoms with Crippen LogP contribution in [0.3, 0.4) is 0 Å². The molecule has 0 aromatic heterocycles. The van der Waals surface area contributed by atoms with Gasteiger partial charge in [-0.05, 0) is 30.0 Å². The monoisotopic (exact) mass is 436 g/mol. The molecule has 7 heteroatoms. The second-order valence-electron chi connectivity index (χ2n) is 8.62. The van der Waals surface area contributed by atoms with Crippen molar-refractivity contribution < 1.29 is 24.2 Å². The molecule has 0 saturated heterocycles. The molecule has 2 aromatic carbocycles. The first-order valence-corrected chi connectivity index (χ1v) is 11.1. The standard InChI is InChI=1S/C25H28N2O5/c1-16(24(29)30)14-22(28)26-23-18-10-5-6-12-20(18)27(21-13-7-11-19(21)23)25(31)32-15-17-8-3-2-4-9-17/h2-6,8-10,12,16,19,21,23H,7,11,13-15H2,1H3,(H,26,28)(H,29,30)/t16-,19?,21?,23?/m1/s1. The lowest BCUT2D eigenvalue weighted by Crippen LogP contribution is -2.51. The second-order valence-corrected chi connectivity index (χ2v) is 8.62. The average Bonchev–Trinajstić information content (AvgIpc) is 3.27. The number of hydrogen-bond acceptors (Lipinski definition) is 4. The molecule has 1 heterocycles. The minimum Gasteiger partial charge on any atom is -0.481 e. The molecule has 2 aliphatic rings. The molecule has 1 saturated carbocycles. The molecule has 1 aliphatic carbocycles. The van der Waals surface area contributed by atoms with Gasteiger partial charge in [0.05, 0.1) is 17.6 Å². The Kier molecular flexibility index (Phi) is 6.44. The molecule has 4 rings (SSSR count). The maximum Gasteiger partial charge on any atom is 0.414 e. The Bertz CT molecular complexity index is 993. The molecule has 2 aromatic rings. The lowest BCUT2D eigenvalue weighted by Gasteiger charge is -2.43. The summed E-state index contributed by atoms with van der Waals surface area (Å²) in [4.78, 5) is 38.7. The number of benzene rings is 2. The van der Waals surface area contributed by atoms with Crippen molar-refractivity contribution >= 4 is 23.7 Å². The first-order valence-electron chi connectivity index (χ1n) is 11.1. The fourth-order valence-electron chi connectivity index (χ4n) is 4.86. The third-order valence-corrected chi connectivity index (χ3v) is 6.45. The quantitative estimate of drug-likeness (QED) is 0.705. The highest BCUT2D eigenvalue weighted by Gasteiger charge is 2.46. The van der Waals surface area contributed by atoms with E-state index in [1.807, 2.05) is 54.6 Å². The molecule has 0 spiro atoms. The molecule has 3 unspecified atom stereocenters. The maximum absolute atomic E-state index is 13.2. The summed E-state index contributed by atoms with van der Waals surface area (Å²) in [6.07, 6.45) is 2.19. The molecule has 0 bridgehead atoms. The van der Waals surface area contributed by atoms with E-state index in [2.05, 4.69) is 5.32 Å². The number of rotatable bonds is 6. The zero-order valence-electron chi connectivity index (χ0n) is 18.1. The summed E-state index contributed by atoms with van der Waals surface area (Å²) >= 11 is 0. The van der Waals surface area contributed by atoms with Crippen molar-refractivity contribution in [2.45, 2.75) is 51.3 Å². The molecule has 1 aliphatic heterocycles. The van der Waals surface area contributed by atoms with Gasteiger partial charge in [-0.25, -0.2) is 4.79 Å². The van der Waals surface area contributed by atoms with Crippen LogP contribution in [0.1, 0.15) is 49.8 Å². The number of carbonyl (C=O) groups is 3. The summed E-state index contributed by atoms with van der Waals surface area (Å²) in [5.41, 5.74) is 2.53. The number of aliphatic carboxylic acids is 1. The minimum absolute atomic E-state index is 0.0539. The molecule has 2 amide bonds. The van der Waals surface area contributed by atoms with E-state index in [9.17, 15) is 14.4 Å². The molecule has 2 N–H and O–H groups in total. The van der Waals surface area contributed by atoms with Crippen molar-refractivity contribution in [2.24, 2.45) is 11.8 Å². The van der Waals surface area contributed by atoms with Crippen LogP contribution in [0.5, 0.6) is 0 Å². The lowest BCUT2D eigenvalue weighted by molar-refractivity contribution is -0.143.